The van der Waals surface area contributed by atoms with Crippen LogP contribution in [0.1, 0.15) is 322 Å². The van der Waals surface area contributed by atoms with Crippen molar-refractivity contribution in [1.82, 2.24) is 0 Å². The fourth-order valence-electron chi connectivity index (χ4n) is 24.9. The summed E-state index contributed by atoms with van der Waals surface area (Å²) < 4.78 is 0. The van der Waals surface area contributed by atoms with Crippen LogP contribution in [0.4, 0.5) is 22.7 Å². The molecule has 4 nitrogen and oxygen atoms in total. The summed E-state index contributed by atoms with van der Waals surface area (Å²) >= 11 is 0. The zero-order valence-corrected chi connectivity index (χ0v) is 92.2. The van der Waals surface area contributed by atoms with Gasteiger partial charge in [0.15, 0.2) is 0 Å². The maximum Gasteiger partial charge on any atom is 2.00 e. The number of nitrogens with zero attached hydrogens (tertiary/aromatic N) is 2. The maximum atomic E-state index is 6.39. The fraction of sp³-hybridized carbons (Fsp3) is 0.313. The predicted molar refractivity (Wildman–Crippen MR) is 597 cm³/mol. The van der Waals surface area contributed by atoms with Gasteiger partial charge in [-0.25, -0.2) is 10.6 Å². The van der Waals surface area contributed by atoms with Gasteiger partial charge in [0.2, 0.25) is 0 Å². The van der Waals surface area contributed by atoms with Crippen LogP contribution in [0.5, 0.6) is 0 Å². The molecular weight excluding hydrogens is 1840 g/mol. The van der Waals surface area contributed by atoms with Gasteiger partial charge in [-0.3, -0.25) is 0 Å². The van der Waals surface area contributed by atoms with E-state index in [4.69, 9.17) is 10.6 Å². The molecule has 8 aliphatic rings. The van der Waals surface area contributed by atoms with Crippen LogP contribution < -0.4 is 9.98 Å². The fourth-order valence-corrected chi connectivity index (χ4v) is 24.9. The van der Waals surface area contributed by atoms with E-state index in [1.54, 1.807) is 0 Å². The van der Waals surface area contributed by atoms with E-state index in [-0.39, 0.29) is 128 Å². The standard InChI is InChI=1S/2C58H63N2.3C6H6.2Sr.2H/c2*1-38(2)48-33-51(53(44-20-11-7-12-21-44)45-22-13-8-14-23-45)56(52(34-48)54(46-24-15-9-16-25-46)47-26-17-10-18-27-47)60-57(58-35-41-30-42(36-58)32-43(31-41)37-58)59-55-49(39(3)4)28-19-29-50(55)40(5)6;3*1-2-4-6-5-3-1;;;;/h2*7-29,33-34,38-43,53-54H,30-32,35-37H2,1-6H3;3*1-6H;;;;/q2*-1;;;;2*+2;2*-1/p+2. The number of hydrogen-bond acceptors (Lipinski definition) is 0. The van der Waals surface area contributed by atoms with Gasteiger partial charge in [0.25, 0.3) is 0 Å². The number of rotatable bonds is 24. The minimum Gasteiger partial charge on any atom is -1.00 e. The Bertz CT molecular complexity index is 5410. The van der Waals surface area contributed by atoms with Crippen LogP contribution in [0.2, 0.25) is 0 Å². The Labute approximate surface area is 917 Å². The summed E-state index contributed by atoms with van der Waals surface area (Å²) in [4.78, 5) is 8.73. The third kappa shape index (κ3) is 25.3. The van der Waals surface area contributed by atoms with Crippen molar-refractivity contribution in [3.05, 3.63) is 523 Å². The van der Waals surface area contributed by atoms with Crippen molar-refractivity contribution in [1.29, 1.82) is 0 Å². The number of benzene rings is 15. The zero-order valence-electron chi connectivity index (χ0n) is 87.3. The van der Waals surface area contributed by atoms with E-state index in [2.05, 4.69) is 396 Å². The van der Waals surface area contributed by atoms with Crippen molar-refractivity contribution >= 4 is 125 Å². The predicted octanol–water partition coefficient (Wildman–Crippen LogP) is 33.4. The van der Waals surface area contributed by atoms with Crippen LogP contribution in [0.15, 0.2) is 413 Å². The van der Waals surface area contributed by atoms with Gasteiger partial charge in [0.1, 0.15) is 11.7 Å². The smallest absolute Gasteiger partial charge is 1.00 e. The number of hydrogen-bond donors (Lipinski definition) is 2. The Morgan fingerprint density at radius 1 is 0.207 bits per heavy atom. The first-order chi connectivity index (χ1) is 67.3. The molecule has 8 fully saturated rings. The second-order valence-corrected chi connectivity index (χ2v) is 42.7. The molecule has 15 aromatic rings. The summed E-state index contributed by atoms with van der Waals surface area (Å²) in [6.07, 6.45) is 15.7. The van der Waals surface area contributed by atoms with Gasteiger partial charge in [0.05, 0.1) is 11.4 Å². The molecule has 8 aliphatic carbocycles. The summed E-state index contributed by atoms with van der Waals surface area (Å²) in [6.45, 7) is 28.2. The average molecular weight is 1990 g/mol. The van der Waals surface area contributed by atoms with Crippen LogP contribution in [-0.4, -0.2) is 103 Å². The first kappa shape index (κ1) is 105. The molecule has 15 aromatic carbocycles. The molecule has 0 unspecified atom stereocenters. The summed E-state index contributed by atoms with van der Waals surface area (Å²) in [6, 6.07) is 150. The second-order valence-electron chi connectivity index (χ2n) is 42.7. The molecule has 23 rings (SSSR count). The van der Waals surface area contributed by atoms with E-state index in [9.17, 15) is 0 Å². The topological polar surface area (TPSA) is 56.1 Å². The molecule has 8 saturated carbocycles. The molecule has 140 heavy (non-hydrogen) atoms. The zero-order chi connectivity index (χ0) is 95.5. The molecule has 0 aliphatic heterocycles. The molecule has 0 spiro atoms. The van der Waals surface area contributed by atoms with Crippen molar-refractivity contribution in [3.63, 3.8) is 0 Å². The third-order valence-corrected chi connectivity index (χ3v) is 30.8. The summed E-state index contributed by atoms with van der Waals surface area (Å²) in [5.74, 6) is 9.18. The van der Waals surface area contributed by atoms with Crippen molar-refractivity contribution in [2.24, 2.45) is 46.3 Å². The van der Waals surface area contributed by atoms with Gasteiger partial charge in [-0.2, -0.15) is 0 Å². The van der Waals surface area contributed by atoms with E-state index in [1.807, 2.05) is 109 Å². The van der Waals surface area contributed by atoms with Crippen LogP contribution >= 0.6 is 0 Å². The van der Waals surface area contributed by atoms with Gasteiger partial charge in [-0.1, -0.05) is 496 Å². The molecule has 0 heterocycles. The van der Waals surface area contributed by atoms with Crippen LogP contribution in [0.3, 0.4) is 0 Å². The van der Waals surface area contributed by atoms with E-state index < -0.39 is 0 Å². The van der Waals surface area contributed by atoms with Crippen molar-refractivity contribution < 1.29 is 12.8 Å². The summed E-state index contributed by atoms with van der Waals surface area (Å²) in [5, 5.41) is 12.8. The molecule has 0 atom stereocenters. The quantitative estimate of drug-likeness (QED) is 0.0262. The molecule has 8 bridgehead atoms. The Kier molecular flexibility index (Phi) is 37.3. The van der Waals surface area contributed by atoms with E-state index in [0.29, 0.717) is 35.5 Å². The minimum atomic E-state index is -0.0115. The molecule has 0 radical (unpaired) electrons. The van der Waals surface area contributed by atoms with E-state index in [1.165, 1.54) is 200 Å². The summed E-state index contributed by atoms with van der Waals surface area (Å²) in [7, 11) is 0. The van der Waals surface area contributed by atoms with E-state index in [0.717, 1.165) is 46.9 Å². The molecular formula is C134H148N4Sr2+2. The Morgan fingerprint density at radius 2 is 0.364 bits per heavy atom. The normalized spacial score (nSPS) is 19.2. The average Bonchev–Trinajstić information content (AvgIpc) is 0.727. The molecule has 0 saturated heterocycles. The van der Waals surface area contributed by atoms with Crippen LogP contribution in [-0.2, 0) is 0 Å². The van der Waals surface area contributed by atoms with Crippen molar-refractivity contribution in [2.75, 3.05) is 0 Å². The van der Waals surface area contributed by atoms with E-state index >= 15 is 0 Å². The second kappa shape index (κ2) is 49.9. The molecule has 2 N–H and O–H groups in total. The summed E-state index contributed by atoms with van der Waals surface area (Å²) in [5.41, 5.74) is 28.5. The Hall–Kier alpha value is -9.80. The minimum absolute atomic E-state index is 0. The Balaban J connectivity index is 0.000000197. The SMILES string of the molecule is CC(C)c1cc(C(c2ccccc2)c2ccccc2)c([N-]C(=[NH+]c2c(C(C)C)cccc2C(C)C)C23CC4CC(CC(C4)C2)C3)c(C(c2ccccc2)c2ccccc2)c1.CC(C)c1cc(C(c2ccccc2)c2ccccc2)c([N-]C(=[NH+]c2c(C(C)C)cccc2C(C)C)C23CC4CC(CC(C4)C2)C3)c(C(c2ccccc2)c2ccccc2)c1.[H-].[H-].[Sr+2].[Sr+2].c1ccccc1.c1ccccc1.c1ccccc1. The molecule has 0 aromatic heterocycles. The van der Waals surface area contributed by atoms with Gasteiger partial charge in [-0.05, 0) is 248 Å². The first-order valence-electron chi connectivity index (χ1n) is 52.1. The van der Waals surface area contributed by atoms with Gasteiger partial charge < -0.3 is 12.8 Å². The van der Waals surface area contributed by atoms with Crippen molar-refractivity contribution in [2.45, 2.75) is 219 Å². The molecule has 6 heteroatoms. The van der Waals surface area contributed by atoms with Crippen LogP contribution in [0, 0.1) is 46.3 Å². The van der Waals surface area contributed by atoms with Crippen LogP contribution in [0.25, 0.3) is 10.6 Å². The monoisotopic (exact) mass is 1990 g/mol. The van der Waals surface area contributed by atoms with Crippen molar-refractivity contribution in [3.8, 4) is 0 Å². The molecule has 0 amide bonds. The number of nitrogens with one attached hydrogen (secondary N) is 2. The van der Waals surface area contributed by atoms with Gasteiger partial charge in [-0.15, -0.1) is 0 Å². The first-order valence-corrected chi connectivity index (χ1v) is 52.1. The number of amidine groups is 2. The molecule has 706 valence electrons. The number of para-hydroxylation sites is 2. The van der Waals surface area contributed by atoms with Gasteiger partial charge in [0, 0.05) is 45.9 Å². The maximum absolute atomic E-state index is 6.39. The Morgan fingerprint density at radius 3 is 0.514 bits per heavy atom. The third-order valence-electron chi connectivity index (χ3n) is 30.8. The largest absolute Gasteiger partial charge is 2.00 e. The van der Waals surface area contributed by atoms with Gasteiger partial charge >= 0.3 is 91.0 Å².